The molecule has 15 nitrogen and oxygen atoms in total. The maximum absolute atomic E-state index is 13.0. The Bertz CT molecular complexity index is 984. The zero-order chi connectivity index (χ0) is 34.9. The maximum Gasteiger partial charge on any atom is 0.329 e. The Labute approximate surface area is 275 Å². The third kappa shape index (κ3) is 22.2. The minimum atomic E-state index is -1.58. The van der Waals surface area contributed by atoms with Gasteiger partial charge in [0.15, 0.2) is 6.10 Å². The lowest BCUT2D eigenvalue weighted by molar-refractivity contribution is -0.158. The van der Waals surface area contributed by atoms with Crippen molar-refractivity contribution < 1.29 is 48.5 Å². The summed E-state index contributed by atoms with van der Waals surface area (Å²) in [6.07, 6.45) is 10.5. The first-order chi connectivity index (χ1) is 21.8. The van der Waals surface area contributed by atoms with Gasteiger partial charge in [0.05, 0.1) is 0 Å². The molecule has 0 aromatic rings. The number of carboxylic acid groups (broad SMARTS) is 2. The molecule has 0 unspecified atom stereocenters. The molecule has 0 bridgehead atoms. The molecule has 0 rings (SSSR count). The van der Waals surface area contributed by atoms with Crippen LogP contribution in [0.3, 0.4) is 0 Å². The highest BCUT2D eigenvalue weighted by Crippen LogP contribution is 2.13. The minimum Gasteiger partial charge on any atom is -0.480 e. The van der Waals surface area contributed by atoms with Crippen LogP contribution >= 0.6 is 11.8 Å². The molecule has 9 N–H and O–H groups in total. The van der Waals surface area contributed by atoms with Crippen LogP contribution in [0.4, 0.5) is 0 Å². The fraction of sp³-hybridized carbons (Fsp3) is 0.767. The third-order valence-electron chi connectivity index (χ3n) is 6.91. The molecular formula is C30H53N5O10S. The van der Waals surface area contributed by atoms with Crippen LogP contribution in [0.5, 0.6) is 0 Å². The number of hydrogen-bond donors (Lipinski definition) is 7. The predicted molar refractivity (Wildman–Crippen MR) is 173 cm³/mol. The van der Waals surface area contributed by atoms with Crippen LogP contribution in [0.1, 0.15) is 104 Å². The van der Waals surface area contributed by atoms with Crippen molar-refractivity contribution in [3.63, 3.8) is 0 Å². The van der Waals surface area contributed by atoms with E-state index in [1.165, 1.54) is 51.9 Å². The van der Waals surface area contributed by atoms with Gasteiger partial charge in [0.2, 0.25) is 17.7 Å². The van der Waals surface area contributed by atoms with Crippen LogP contribution < -0.4 is 27.4 Å². The van der Waals surface area contributed by atoms with Crippen LogP contribution in [-0.2, 0) is 38.3 Å². The van der Waals surface area contributed by atoms with Crippen molar-refractivity contribution in [1.82, 2.24) is 16.0 Å². The van der Waals surface area contributed by atoms with Gasteiger partial charge < -0.3 is 42.4 Å². The van der Waals surface area contributed by atoms with E-state index in [4.69, 9.17) is 26.4 Å². The molecule has 0 aliphatic carbocycles. The van der Waals surface area contributed by atoms with E-state index in [1.54, 1.807) is 0 Å². The van der Waals surface area contributed by atoms with Gasteiger partial charge in [-0.3, -0.25) is 28.8 Å². The molecule has 46 heavy (non-hydrogen) atoms. The van der Waals surface area contributed by atoms with Gasteiger partial charge in [0, 0.05) is 24.3 Å². The van der Waals surface area contributed by atoms with Crippen LogP contribution in [-0.4, -0.2) is 94.0 Å². The molecule has 264 valence electrons. The van der Waals surface area contributed by atoms with Crippen molar-refractivity contribution in [3.05, 3.63) is 0 Å². The summed E-state index contributed by atoms with van der Waals surface area (Å²) in [5.41, 5.74) is 10.7. The Kier molecular flexibility index (Phi) is 23.9. The fourth-order valence-electron chi connectivity index (χ4n) is 4.20. The number of nitrogens with two attached hydrogens (primary N) is 2. The Morgan fingerprint density at radius 2 is 1.35 bits per heavy atom. The van der Waals surface area contributed by atoms with E-state index in [0.717, 1.165) is 31.0 Å². The lowest BCUT2D eigenvalue weighted by Crippen LogP contribution is -2.52. The molecule has 0 aliphatic rings. The van der Waals surface area contributed by atoms with Gasteiger partial charge in [-0.1, -0.05) is 71.1 Å². The average molecular weight is 676 g/mol. The van der Waals surface area contributed by atoms with Gasteiger partial charge in [-0.25, -0.2) is 4.79 Å². The number of carboxylic acids is 2. The van der Waals surface area contributed by atoms with Gasteiger partial charge in [0.1, 0.15) is 24.7 Å². The van der Waals surface area contributed by atoms with Gasteiger partial charge in [-0.05, 0) is 19.8 Å². The number of esters is 1. The number of ether oxygens (including phenoxy) is 1. The molecule has 0 aromatic carbocycles. The molecule has 4 atom stereocenters. The largest absolute Gasteiger partial charge is 0.480 e. The van der Waals surface area contributed by atoms with E-state index in [1.807, 2.05) is 0 Å². The molecule has 0 saturated carbocycles. The van der Waals surface area contributed by atoms with Crippen molar-refractivity contribution in [2.75, 3.05) is 18.1 Å². The third-order valence-corrected chi connectivity index (χ3v) is 8.04. The number of carbonyl (C=O) groups is 7. The Morgan fingerprint density at radius 3 is 1.87 bits per heavy atom. The summed E-state index contributed by atoms with van der Waals surface area (Å²) < 4.78 is 5.26. The minimum absolute atomic E-state index is 0.145. The SMILES string of the molecule is CCCCCCCCCCCCCC(=O)N[C@@H](C)C(=O)N[C@H](CCC(N)=O)C(=O)O[C@H](CSC[C@H](N)C(=O)O)C(=O)NCC(=O)O. The smallest absolute Gasteiger partial charge is 0.329 e. The predicted octanol–water partition coefficient (Wildman–Crippen LogP) is 1.20. The molecule has 0 aromatic heterocycles. The Morgan fingerprint density at radius 1 is 0.783 bits per heavy atom. The molecule has 0 spiro atoms. The van der Waals surface area contributed by atoms with Gasteiger partial charge in [-0.15, -0.1) is 0 Å². The number of amides is 4. The van der Waals surface area contributed by atoms with Crippen molar-refractivity contribution in [2.24, 2.45) is 11.5 Å². The van der Waals surface area contributed by atoms with Crippen LogP contribution in [0.2, 0.25) is 0 Å². The van der Waals surface area contributed by atoms with Crippen molar-refractivity contribution in [2.45, 2.75) is 128 Å². The van der Waals surface area contributed by atoms with E-state index in [9.17, 15) is 33.6 Å². The lowest BCUT2D eigenvalue weighted by Gasteiger charge is -2.23. The number of hydrogen-bond acceptors (Lipinski definition) is 10. The molecule has 4 amide bonds. The second-order valence-corrected chi connectivity index (χ2v) is 12.2. The number of unbranched alkanes of at least 4 members (excludes halogenated alkanes) is 10. The summed E-state index contributed by atoms with van der Waals surface area (Å²) in [5.74, 6) is -7.00. The quantitative estimate of drug-likeness (QED) is 0.0456. The highest BCUT2D eigenvalue weighted by Gasteiger charge is 2.31. The molecule has 16 heteroatoms. The van der Waals surface area contributed by atoms with E-state index in [0.29, 0.717) is 6.42 Å². The van der Waals surface area contributed by atoms with Crippen molar-refractivity contribution >= 4 is 53.3 Å². The first kappa shape index (κ1) is 42.6. The second-order valence-electron chi connectivity index (χ2n) is 11.2. The van der Waals surface area contributed by atoms with Crippen molar-refractivity contribution in [3.8, 4) is 0 Å². The van der Waals surface area contributed by atoms with Crippen LogP contribution in [0.25, 0.3) is 0 Å². The fourth-order valence-corrected chi connectivity index (χ4v) is 5.16. The summed E-state index contributed by atoms with van der Waals surface area (Å²) in [6.45, 7) is 2.85. The summed E-state index contributed by atoms with van der Waals surface area (Å²) in [6, 6.07) is -3.74. The summed E-state index contributed by atoms with van der Waals surface area (Å²) in [4.78, 5) is 84.0. The number of nitrogens with one attached hydrogen (secondary N) is 3. The number of primary amides is 1. The number of carbonyl (C=O) groups excluding carboxylic acids is 5. The molecule has 0 heterocycles. The van der Waals surface area contributed by atoms with Crippen LogP contribution in [0, 0.1) is 0 Å². The van der Waals surface area contributed by atoms with Gasteiger partial charge in [0.25, 0.3) is 5.91 Å². The van der Waals surface area contributed by atoms with Gasteiger partial charge >= 0.3 is 17.9 Å². The van der Waals surface area contributed by atoms with Gasteiger partial charge in [-0.2, -0.15) is 11.8 Å². The molecular weight excluding hydrogens is 622 g/mol. The monoisotopic (exact) mass is 675 g/mol. The van der Waals surface area contributed by atoms with Crippen LogP contribution in [0.15, 0.2) is 0 Å². The summed E-state index contributed by atoms with van der Waals surface area (Å²) in [7, 11) is 0. The van der Waals surface area contributed by atoms with E-state index < -0.39 is 66.4 Å². The van der Waals surface area contributed by atoms with E-state index in [2.05, 4.69) is 22.9 Å². The molecule has 0 aliphatic heterocycles. The topological polar surface area (TPSA) is 257 Å². The van der Waals surface area contributed by atoms with E-state index in [-0.39, 0.29) is 36.7 Å². The zero-order valence-corrected chi connectivity index (χ0v) is 27.9. The number of aliphatic carboxylic acids is 2. The highest BCUT2D eigenvalue weighted by atomic mass is 32.2. The normalized spacial score (nSPS) is 13.5. The second kappa shape index (κ2) is 25.8. The Balaban J connectivity index is 4.98. The van der Waals surface area contributed by atoms with Crippen molar-refractivity contribution in [1.29, 1.82) is 0 Å². The standard InChI is InChI=1S/C30H53N5O10S/c1-3-4-5-6-7-8-9-10-11-12-13-14-25(37)34-20(2)27(40)35-22(15-16-24(32)36)30(44)45-23(28(41)33-17-26(38)39)19-46-18-21(31)29(42)43/h20-23H,3-19,31H2,1-2H3,(H2,32,36)(H,33,41)(H,34,37)(H,35,40)(H,38,39)(H,42,43)/t20-,21-,22+,23+/m0/s1. The Hall–Kier alpha value is -3.40. The molecule has 0 fully saturated rings. The van der Waals surface area contributed by atoms with E-state index >= 15 is 0 Å². The zero-order valence-electron chi connectivity index (χ0n) is 27.1. The molecule has 0 saturated heterocycles. The average Bonchev–Trinajstić information content (AvgIpc) is 2.99. The molecule has 0 radical (unpaired) electrons. The number of rotatable bonds is 28. The summed E-state index contributed by atoms with van der Waals surface area (Å²) in [5, 5.41) is 24.9. The first-order valence-corrected chi connectivity index (χ1v) is 17.1. The maximum atomic E-state index is 13.0. The highest BCUT2D eigenvalue weighted by molar-refractivity contribution is 7.99. The lowest BCUT2D eigenvalue weighted by atomic mass is 10.1. The summed E-state index contributed by atoms with van der Waals surface area (Å²) >= 11 is 0.873. The first-order valence-electron chi connectivity index (χ1n) is 15.9. The number of thioether (sulfide) groups is 1.